The molecule has 0 saturated carbocycles. The third kappa shape index (κ3) is 4.66. The zero-order chi connectivity index (χ0) is 22.8. The van der Waals surface area contributed by atoms with Gasteiger partial charge in [0.1, 0.15) is 16.4 Å². The smallest absolute Gasteiger partial charge is 0.341 e. The van der Waals surface area contributed by atoms with E-state index >= 15 is 0 Å². The third-order valence-corrected chi connectivity index (χ3v) is 7.18. The molecule has 1 heterocycles. The third-order valence-electron chi connectivity index (χ3n) is 4.46. The summed E-state index contributed by atoms with van der Waals surface area (Å²) in [6.07, 6.45) is 0. The quantitative estimate of drug-likeness (QED) is 0.562. The Labute approximate surface area is 183 Å². The number of carbonyl (C=O) groups excluding carboxylic acids is 2. The molecule has 0 atom stereocenters. The normalized spacial score (nSPS) is 11.4. The van der Waals surface area contributed by atoms with E-state index in [0.29, 0.717) is 11.1 Å². The molecule has 7 nitrogen and oxygen atoms in total. The van der Waals surface area contributed by atoms with Crippen molar-refractivity contribution in [1.29, 1.82) is 0 Å². The van der Waals surface area contributed by atoms with Gasteiger partial charge in [0.2, 0.25) is 10.0 Å². The van der Waals surface area contributed by atoms with Crippen molar-refractivity contribution < 1.29 is 27.1 Å². The number of halogens is 1. The van der Waals surface area contributed by atoms with Gasteiger partial charge in [-0.3, -0.25) is 4.79 Å². The minimum Gasteiger partial charge on any atom is -0.465 e. The molecule has 0 aliphatic rings. The van der Waals surface area contributed by atoms with Crippen molar-refractivity contribution in [3.8, 4) is 11.1 Å². The first-order valence-corrected chi connectivity index (χ1v) is 11.3. The van der Waals surface area contributed by atoms with E-state index in [1.807, 2.05) is 0 Å². The first-order valence-electron chi connectivity index (χ1n) is 8.95. The number of hydrogen-bond acceptors (Lipinski definition) is 6. The fourth-order valence-electron chi connectivity index (χ4n) is 2.76. The highest BCUT2D eigenvalue weighted by molar-refractivity contribution is 7.89. The molecule has 0 fully saturated rings. The number of carbonyl (C=O) groups is 2. The van der Waals surface area contributed by atoms with Crippen molar-refractivity contribution in [2.24, 2.45) is 0 Å². The fraction of sp³-hybridized carbons (Fsp3) is 0.143. The molecule has 1 amide bonds. The van der Waals surface area contributed by atoms with Crippen LogP contribution in [-0.4, -0.2) is 45.8 Å². The Kier molecular flexibility index (Phi) is 6.54. The molecule has 0 spiro atoms. The standard InChI is InChI=1S/C21H19FN2O5S2/c1-24(2)31(27,28)16-10-6-14(7-11-16)19(25)23-20-18(21(26)29-3)17(12-30-20)13-4-8-15(22)9-5-13/h4-12H,1-3H3,(H,23,25). The van der Waals surface area contributed by atoms with Gasteiger partial charge in [0.25, 0.3) is 5.91 Å². The Bertz CT molecular complexity index is 1220. The summed E-state index contributed by atoms with van der Waals surface area (Å²) in [5.74, 6) is -1.58. The van der Waals surface area contributed by atoms with Crippen LogP contribution in [0, 0.1) is 5.82 Å². The molecule has 2 aromatic carbocycles. The van der Waals surface area contributed by atoms with Crippen molar-refractivity contribution in [2.75, 3.05) is 26.5 Å². The van der Waals surface area contributed by atoms with Gasteiger partial charge < -0.3 is 10.1 Å². The van der Waals surface area contributed by atoms with Gasteiger partial charge in [-0.1, -0.05) is 12.1 Å². The number of ether oxygens (including phenoxy) is 1. The molecule has 3 rings (SSSR count). The lowest BCUT2D eigenvalue weighted by atomic mass is 10.0. The number of rotatable bonds is 6. The number of benzene rings is 2. The SMILES string of the molecule is COC(=O)c1c(-c2ccc(F)cc2)csc1NC(=O)c1ccc(S(=O)(=O)N(C)C)cc1. The number of thiophene rings is 1. The van der Waals surface area contributed by atoms with Gasteiger partial charge in [0.15, 0.2) is 0 Å². The Morgan fingerprint density at radius 2 is 1.65 bits per heavy atom. The largest absolute Gasteiger partial charge is 0.465 e. The van der Waals surface area contributed by atoms with Gasteiger partial charge in [0.05, 0.1) is 12.0 Å². The van der Waals surface area contributed by atoms with E-state index in [1.54, 1.807) is 5.38 Å². The van der Waals surface area contributed by atoms with Crippen molar-refractivity contribution in [3.05, 3.63) is 70.9 Å². The molecule has 0 radical (unpaired) electrons. The summed E-state index contributed by atoms with van der Waals surface area (Å²) in [6, 6.07) is 11.0. The predicted molar refractivity (Wildman–Crippen MR) is 116 cm³/mol. The van der Waals surface area contributed by atoms with Gasteiger partial charge in [-0.05, 0) is 42.0 Å². The summed E-state index contributed by atoms with van der Waals surface area (Å²) in [5.41, 5.74) is 1.46. The summed E-state index contributed by atoms with van der Waals surface area (Å²) in [7, 11) is 0.445. The van der Waals surface area contributed by atoms with E-state index in [1.165, 1.54) is 69.7 Å². The number of sulfonamides is 1. The molecule has 0 saturated heterocycles. The van der Waals surface area contributed by atoms with Crippen LogP contribution in [0.25, 0.3) is 11.1 Å². The fourth-order valence-corrected chi connectivity index (χ4v) is 4.61. The zero-order valence-corrected chi connectivity index (χ0v) is 18.5. The van der Waals surface area contributed by atoms with Gasteiger partial charge in [0, 0.05) is 30.6 Å². The van der Waals surface area contributed by atoms with Crippen LogP contribution in [0.15, 0.2) is 58.8 Å². The molecule has 0 aliphatic carbocycles. The van der Waals surface area contributed by atoms with E-state index in [-0.39, 0.29) is 21.0 Å². The maximum absolute atomic E-state index is 13.3. The second kappa shape index (κ2) is 8.96. The van der Waals surface area contributed by atoms with E-state index in [2.05, 4.69) is 5.32 Å². The first kappa shape index (κ1) is 22.6. The van der Waals surface area contributed by atoms with Crippen LogP contribution in [0.3, 0.4) is 0 Å². The molecular formula is C21H19FN2O5S2. The van der Waals surface area contributed by atoms with Crippen LogP contribution in [-0.2, 0) is 14.8 Å². The van der Waals surface area contributed by atoms with Crippen LogP contribution in [0.1, 0.15) is 20.7 Å². The lowest BCUT2D eigenvalue weighted by Crippen LogP contribution is -2.22. The lowest BCUT2D eigenvalue weighted by molar-refractivity contribution is 0.0603. The average Bonchev–Trinajstić information content (AvgIpc) is 3.17. The highest BCUT2D eigenvalue weighted by Gasteiger charge is 2.23. The van der Waals surface area contributed by atoms with Crippen LogP contribution < -0.4 is 5.32 Å². The van der Waals surface area contributed by atoms with Crippen molar-refractivity contribution >= 4 is 38.2 Å². The lowest BCUT2D eigenvalue weighted by Gasteiger charge is -2.12. The maximum atomic E-state index is 13.3. The minimum absolute atomic E-state index is 0.0546. The van der Waals surface area contributed by atoms with Gasteiger partial charge in [-0.15, -0.1) is 11.3 Å². The van der Waals surface area contributed by atoms with E-state index < -0.39 is 27.7 Å². The minimum atomic E-state index is -3.61. The first-order chi connectivity index (χ1) is 14.6. The summed E-state index contributed by atoms with van der Waals surface area (Å²) >= 11 is 1.12. The van der Waals surface area contributed by atoms with Gasteiger partial charge >= 0.3 is 5.97 Å². The molecule has 0 bridgehead atoms. The van der Waals surface area contributed by atoms with Crippen molar-refractivity contribution in [2.45, 2.75) is 4.90 Å². The van der Waals surface area contributed by atoms with Crippen LogP contribution in [0.2, 0.25) is 0 Å². The highest BCUT2D eigenvalue weighted by atomic mass is 32.2. The molecule has 3 aromatic rings. The molecule has 1 N–H and O–H groups in total. The van der Waals surface area contributed by atoms with Crippen LogP contribution in [0.4, 0.5) is 9.39 Å². The number of esters is 1. The number of hydrogen-bond donors (Lipinski definition) is 1. The maximum Gasteiger partial charge on any atom is 0.341 e. The molecule has 31 heavy (non-hydrogen) atoms. The predicted octanol–water partition coefficient (Wildman–Crippen LogP) is 3.84. The Hall–Kier alpha value is -3.08. The molecule has 1 aromatic heterocycles. The molecule has 0 aliphatic heterocycles. The molecule has 162 valence electrons. The average molecular weight is 463 g/mol. The summed E-state index contributed by atoms with van der Waals surface area (Å²) < 4.78 is 43.5. The number of methoxy groups -OCH3 is 1. The topological polar surface area (TPSA) is 92.8 Å². The Balaban J connectivity index is 1.91. The van der Waals surface area contributed by atoms with E-state index in [0.717, 1.165) is 15.6 Å². The Morgan fingerprint density at radius 3 is 2.19 bits per heavy atom. The molecular weight excluding hydrogens is 443 g/mol. The summed E-state index contributed by atoms with van der Waals surface area (Å²) in [4.78, 5) is 25.1. The van der Waals surface area contributed by atoms with Gasteiger partial charge in [-0.2, -0.15) is 0 Å². The van der Waals surface area contributed by atoms with E-state index in [4.69, 9.17) is 4.74 Å². The second-order valence-electron chi connectivity index (χ2n) is 6.62. The van der Waals surface area contributed by atoms with Gasteiger partial charge in [-0.25, -0.2) is 21.9 Å². The summed E-state index contributed by atoms with van der Waals surface area (Å²) in [5, 5.41) is 4.60. The number of nitrogens with zero attached hydrogens (tertiary/aromatic N) is 1. The zero-order valence-electron chi connectivity index (χ0n) is 16.9. The van der Waals surface area contributed by atoms with Crippen molar-refractivity contribution in [1.82, 2.24) is 4.31 Å². The molecule has 0 unspecified atom stereocenters. The monoisotopic (exact) mass is 462 g/mol. The molecule has 10 heteroatoms. The summed E-state index contributed by atoms with van der Waals surface area (Å²) in [6.45, 7) is 0. The second-order valence-corrected chi connectivity index (χ2v) is 9.65. The number of anilines is 1. The Morgan fingerprint density at radius 1 is 1.03 bits per heavy atom. The number of amides is 1. The van der Waals surface area contributed by atoms with Crippen LogP contribution >= 0.6 is 11.3 Å². The van der Waals surface area contributed by atoms with E-state index in [9.17, 15) is 22.4 Å². The van der Waals surface area contributed by atoms with Crippen LogP contribution in [0.5, 0.6) is 0 Å². The van der Waals surface area contributed by atoms with Crippen molar-refractivity contribution in [3.63, 3.8) is 0 Å². The highest BCUT2D eigenvalue weighted by Crippen LogP contribution is 2.36. The number of nitrogens with one attached hydrogen (secondary N) is 1.